The van der Waals surface area contributed by atoms with E-state index >= 15 is 0 Å². The molecule has 3 heterocycles. The maximum Gasteiger partial charge on any atom is 0.412 e. The second kappa shape index (κ2) is 14.5. The lowest BCUT2D eigenvalue weighted by atomic mass is 9.93. The number of benzene rings is 3. The maximum atomic E-state index is 14.5. The van der Waals surface area contributed by atoms with Crippen molar-refractivity contribution in [2.75, 3.05) is 32.4 Å². The maximum absolute atomic E-state index is 14.5. The number of nitrogens with zero attached hydrogens (tertiary/aromatic N) is 3. The van der Waals surface area contributed by atoms with E-state index < -0.39 is 34.6 Å². The molecule has 49 heavy (non-hydrogen) atoms. The zero-order valence-corrected chi connectivity index (χ0v) is 28.2. The quantitative estimate of drug-likeness (QED) is 0.186. The van der Waals surface area contributed by atoms with Crippen molar-refractivity contribution < 1.29 is 30.8 Å². The second-order valence-corrected chi connectivity index (χ2v) is 15.1. The minimum absolute atomic E-state index is 0.0663. The Labute approximate surface area is 284 Å². The van der Waals surface area contributed by atoms with Crippen LogP contribution in [-0.4, -0.2) is 73.8 Å². The highest BCUT2D eigenvalue weighted by molar-refractivity contribution is 7.90. The van der Waals surface area contributed by atoms with Crippen molar-refractivity contribution >= 4 is 26.6 Å². The summed E-state index contributed by atoms with van der Waals surface area (Å²) in [6.07, 6.45) is 1.64. The van der Waals surface area contributed by atoms with Crippen LogP contribution in [0.15, 0.2) is 77.7 Å². The summed E-state index contributed by atoms with van der Waals surface area (Å²) < 4.78 is 82.4. The molecule has 1 amide bonds. The lowest BCUT2D eigenvalue weighted by Crippen LogP contribution is -2.46. The highest BCUT2D eigenvalue weighted by Crippen LogP contribution is 2.37. The summed E-state index contributed by atoms with van der Waals surface area (Å²) in [6, 6.07) is 16.0. The molecule has 2 aliphatic heterocycles. The highest BCUT2D eigenvalue weighted by atomic mass is 32.2. The minimum atomic E-state index is -4.82. The molecule has 0 saturated carbocycles. The van der Waals surface area contributed by atoms with Crippen LogP contribution < -0.4 is 5.32 Å². The Morgan fingerprint density at radius 2 is 1.61 bits per heavy atom. The van der Waals surface area contributed by atoms with E-state index in [4.69, 9.17) is 4.98 Å². The number of amides is 1. The number of fused-ring (bicyclic) bond motifs is 1. The Bertz CT molecular complexity index is 1890. The van der Waals surface area contributed by atoms with Crippen LogP contribution in [0.5, 0.6) is 0 Å². The average molecular weight is 697 g/mol. The third kappa shape index (κ3) is 7.97. The largest absolute Gasteiger partial charge is 0.412 e. The first kappa shape index (κ1) is 35.0. The Kier molecular flexibility index (Phi) is 10.4. The molecule has 2 fully saturated rings. The van der Waals surface area contributed by atoms with Crippen molar-refractivity contribution in [2.45, 2.75) is 68.5 Å². The van der Waals surface area contributed by atoms with Gasteiger partial charge in [-0.1, -0.05) is 61.0 Å². The molecule has 4 aromatic rings. The third-order valence-corrected chi connectivity index (χ3v) is 10.8. The average Bonchev–Trinajstić information content (AvgIpc) is 3.10. The number of carbonyl (C=O) groups excluding carboxylic acids is 1. The number of pyridine rings is 1. The van der Waals surface area contributed by atoms with Gasteiger partial charge in [-0.05, 0) is 81.2 Å². The molecule has 0 spiro atoms. The normalized spacial score (nSPS) is 17.7. The number of sulfone groups is 1. The number of aromatic nitrogens is 1. The molecule has 6 rings (SSSR count). The molecule has 12 heteroatoms. The van der Waals surface area contributed by atoms with Crippen molar-refractivity contribution in [1.82, 2.24) is 20.1 Å². The van der Waals surface area contributed by atoms with Gasteiger partial charge in [0.05, 0.1) is 21.7 Å². The van der Waals surface area contributed by atoms with Gasteiger partial charge in [-0.15, -0.1) is 0 Å². The number of likely N-dealkylation sites (tertiary alicyclic amines) is 2. The third-order valence-electron chi connectivity index (χ3n) is 9.68. The minimum Gasteiger partial charge on any atom is -0.337 e. The zero-order chi connectivity index (χ0) is 34.8. The van der Waals surface area contributed by atoms with Crippen LogP contribution in [-0.2, 0) is 23.1 Å². The molecule has 2 saturated heterocycles. The van der Waals surface area contributed by atoms with Gasteiger partial charge in [-0.3, -0.25) is 9.69 Å². The number of rotatable bonds is 9. The predicted octanol–water partition coefficient (Wildman–Crippen LogP) is 7.26. The van der Waals surface area contributed by atoms with Gasteiger partial charge in [0, 0.05) is 35.4 Å². The van der Waals surface area contributed by atoms with E-state index in [-0.39, 0.29) is 33.5 Å². The molecule has 260 valence electrons. The molecule has 0 aliphatic carbocycles. The monoisotopic (exact) mass is 696 g/mol. The van der Waals surface area contributed by atoms with Crippen molar-refractivity contribution in [3.63, 3.8) is 0 Å². The van der Waals surface area contributed by atoms with Gasteiger partial charge in [0.25, 0.3) is 5.91 Å². The smallest absolute Gasteiger partial charge is 0.337 e. The van der Waals surface area contributed by atoms with Gasteiger partial charge in [0.2, 0.25) is 0 Å². The first-order valence-corrected chi connectivity index (χ1v) is 18.5. The Balaban J connectivity index is 1.49. The topological polar surface area (TPSA) is 82.6 Å². The molecule has 2 aliphatic rings. The summed E-state index contributed by atoms with van der Waals surface area (Å²) in [5.41, 5.74) is 1.81. The predicted molar refractivity (Wildman–Crippen MR) is 182 cm³/mol. The molecule has 0 radical (unpaired) electrons. The van der Waals surface area contributed by atoms with Crippen LogP contribution in [0.1, 0.15) is 65.2 Å². The number of nitrogens with one attached hydrogen (secondary N) is 1. The summed E-state index contributed by atoms with van der Waals surface area (Å²) in [7, 11) is -3.74. The Morgan fingerprint density at radius 1 is 0.939 bits per heavy atom. The lowest BCUT2D eigenvalue weighted by molar-refractivity contribution is -0.155. The fourth-order valence-corrected chi connectivity index (χ4v) is 7.72. The molecule has 1 N–H and O–H groups in total. The molecule has 0 bridgehead atoms. The van der Waals surface area contributed by atoms with Gasteiger partial charge in [0.1, 0.15) is 6.67 Å². The summed E-state index contributed by atoms with van der Waals surface area (Å²) in [5, 5.41) is 2.38. The van der Waals surface area contributed by atoms with Crippen LogP contribution in [0, 0.1) is 0 Å². The highest BCUT2D eigenvalue weighted by Gasteiger charge is 2.42. The van der Waals surface area contributed by atoms with E-state index in [9.17, 15) is 30.8 Å². The van der Waals surface area contributed by atoms with Crippen molar-refractivity contribution in [3.05, 3.63) is 95.1 Å². The van der Waals surface area contributed by atoms with Crippen molar-refractivity contribution in [1.29, 1.82) is 0 Å². The van der Waals surface area contributed by atoms with Gasteiger partial charge >= 0.3 is 6.18 Å². The molecule has 1 aromatic heterocycles. The van der Waals surface area contributed by atoms with Gasteiger partial charge in [-0.2, -0.15) is 13.2 Å². The van der Waals surface area contributed by atoms with Crippen LogP contribution in [0.2, 0.25) is 0 Å². The standard InChI is InChI=1S/C37H40F4N4O3S/c1-49(47,48)29-14-15-32-30(22-29)33(36(46)43-35(37(39,40)41)27-8-4-2-5-9-27)31(34(42-32)26-12-10-25(23-38)11-13-26)24-44-20-16-28(17-21-44)45-18-6-3-7-19-45/h2,4-5,8-15,22,28,35H,3,6-7,16-21,23-24H2,1H3,(H,43,46)/t35-/m1/s1. The number of alkyl halides is 4. The fraction of sp³-hybridized carbons (Fsp3) is 0.405. The van der Waals surface area contributed by atoms with Crippen molar-refractivity contribution in [2.24, 2.45) is 0 Å². The van der Waals surface area contributed by atoms with Gasteiger partial charge in [-0.25, -0.2) is 17.8 Å². The molecule has 0 unspecified atom stereocenters. The molecule has 1 atom stereocenters. The van der Waals surface area contributed by atoms with Gasteiger partial charge < -0.3 is 10.2 Å². The second-order valence-electron chi connectivity index (χ2n) is 13.1. The van der Waals surface area contributed by atoms with E-state index in [0.717, 1.165) is 32.2 Å². The number of hydrogen-bond donors (Lipinski definition) is 1. The molecular formula is C37H40F4N4O3S. The van der Waals surface area contributed by atoms with E-state index in [1.807, 2.05) is 0 Å². The van der Waals surface area contributed by atoms with Crippen LogP contribution in [0.4, 0.5) is 17.6 Å². The number of piperidine rings is 2. The first-order valence-electron chi connectivity index (χ1n) is 16.6. The van der Waals surface area contributed by atoms with Crippen molar-refractivity contribution in [3.8, 4) is 11.3 Å². The summed E-state index contributed by atoms with van der Waals surface area (Å²) in [4.78, 5) is 23.9. The first-order chi connectivity index (χ1) is 23.4. The molecule has 7 nitrogen and oxygen atoms in total. The van der Waals surface area contributed by atoms with E-state index in [0.29, 0.717) is 41.5 Å². The molecule has 3 aromatic carbocycles. The van der Waals surface area contributed by atoms with E-state index in [1.165, 1.54) is 61.7 Å². The van der Waals surface area contributed by atoms with Crippen LogP contribution in [0.25, 0.3) is 22.2 Å². The number of carbonyl (C=O) groups is 1. The Morgan fingerprint density at radius 3 is 2.22 bits per heavy atom. The fourth-order valence-electron chi connectivity index (χ4n) is 7.07. The molecular weight excluding hydrogens is 656 g/mol. The lowest BCUT2D eigenvalue weighted by Gasteiger charge is -2.40. The number of halogens is 4. The zero-order valence-electron chi connectivity index (χ0n) is 27.3. The van der Waals surface area contributed by atoms with E-state index in [1.54, 1.807) is 30.3 Å². The number of hydrogen-bond acceptors (Lipinski definition) is 6. The van der Waals surface area contributed by atoms with Gasteiger partial charge in [0.15, 0.2) is 15.9 Å². The summed E-state index contributed by atoms with van der Waals surface area (Å²) >= 11 is 0. The summed E-state index contributed by atoms with van der Waals surface area (Å²) in [6.45, 7) is 3.09. The Hall–Kier alpha value is -3.87. The SMILES string of the molecule is CS(=O)(=O)c1ccc2nc(-c3ccc(CF)cc3)c(CN3CCC(N4CCCCC4)CC3)c(C(=O)N[C@H](c3ccccc3)C(F)(F)F)c2c1. The summed E-state index contributed by atoms with van der Waals surface area (Å²) in [5.74, 6) is -0.996. The van der Waals surface area contributed by atoms with Crippen LogP contribution in [0.3, 0.4) is 0 Å². The van der Waals surface area contributed by atoms with E-state index in [2.05, 4.69) is 15.1 Å². The van der Waals surface area contributed by atoms with Crippen LogP contribution >= 0.6 is 0 Å².